The minimum atomic E-state index is 0.362. The third kappa shape index (κ3) is 5.61. The molecule has 0 aliphatic heterocycles. The van der Waals surface area contributed by atoms with Crippen molar-refractivity contribution in [1.82, 2.24) is 9.88 Å². The Balaban J connectivity index is 2.37. The van der Waals surface area contributed by atoms with Crippen molar-refractivity contribution >= 4 is 0 Å². The quantitative estimate of drug-likeness (QED) is 0.770. The molecule has 1 unspecified atom stereocenters. The van der Waals surface area contributed by atoms with Gasteiger partial charge in [-0.2, -0.15) is 0 Å². The van der Waals surface area contributed by atoms with Gasteiger partial charge >= 0.3 is 0 Å². The normalized spacial score (nSPS) is 12.9. The average Bonchev–Trinajstić information content (AvgIpc) is 2.37. The maximum Gasteiger partial charge on any atom is 0.0547 e. The van der Waals surface area contributed by atoms with Gasteiger partial charge in [0.25, 0.3) is 0 Å². The maximum absolute atomic E-state index is 5.94. The molecule has 1 aromatic heterocycles. The van der Waals surface area contributed by atoms with Crippen LogP contribution in [-0.2, 0) is 6.54 Å². The van der Waals surface area contributed by atoms with E-state index in [1.807, 2.05) is 13.0 Å². The van der Waals surface area contributed by atoms with Crippen LogP contribution in [0.15, 0.2) is 18.2 Å². The van der Waals surface area contributed by atoms with Crippen molar-refractivity contribution in [1.29, 1.82) is 0 Å². The second-order valence-corrected chi connectivity index (χ2v) is 4.95. The number of rotatable bonds is 8. The molecule has 2 N–H and O–H groups in total. The number of nitrogens with two attached hydrogens (primary N) is 1. The minimum Gasteiger partial charge on any atom is -0.328 e. The number of aryl methyl sites for hydroxylation is 1. The van der Waals surface area contributed by atoms with Crippen LogP contribution >= 0.6 is 0 Å². The third-order valence-corrected chi connectivity index (χ3v) is 3.35. The van der Waals surface area contributed by atoms with Crippen LogP contribution < -0.4 is 5.73 Å². The first-order chi connectivity index (χ1) is 8.65. The fourth-order valence-corrected chi connectivity index (χ4v) is 2.05. The van der Waals surface area contributed by atoms with Crippen LogP contribution in [0.1, 0.15) is 44.5 Å². The van der Waals surface area contributed by atoms with Gasteiger partial charge in [-0.25, -0.2) is 0 Å². The van der Waals surface area contributed by atoms with Gasteiger partial charge in [-0.3, -0.25) is 9.88 Å². The van der Waals surface area contributed by atoms with E-state index in [4.69, 9.17) is 5.73 Å². The van der Waals surface area contributed by atoms with Crippen LogP contribution in [0.4, 0.5) is 0 Å². The number of aromatic nitrogens is 1. The van der Waals surface area contributed by atoms with E-state index in [2.05, 4.69) is 35.9 Å². The molecule has 0 saturated carbocycles. The lowest BCUT2D eigenvalue weighted by Gasteiger charge is -2.20. The van der Waals surface area contributed by atoms with Gasteiger partial charge < -0.3 is 5.73 Å². The molecule has 0 aromatic carbocycles. The van der Waals surface area contributed by atoms with Crippen molar-refractivity contribution in [3.63, 3.8) is 0 Å². The molecule has 0 saturated heterocycles. The molecule has 1 atom stereocenters. The predicted octanol–water partition coefficient (Wildman–Crippen LogP) is 2.73. The zero-order valence-corrected chi connectivity index (χ0v) is 12.0. The van der Waals surface area contributed by atoms with Gasteiger partial charge in [0.05, 0.1) is 5.69 Å². The Morgan fingerprint density at radius 2 is 2.11 bits per heavy atom. The Kier molecular flexibility index (Phi) is 6.91. The van der Waals surface area contributed by atoms with Crippen LogP contribution in [0.3, 0.4) is 0 Å². The van der Waals surface area contributed by atoms with Gasteiger partial charge in [-0.1, -0.05) is 19.9 Å². The Hall–Kier alpha value is -0.930. The Morgan fingerprint density at radius 3 is 2.72 bits per heavy atom. The molecule has 3 heteroatoms. The van der Waals surface area contributed by atoms with Gasteiger partial charge in [0.1, 0.15) is 0 Å². The number of pyridine rings is 1. The molecule has 1 aromatic rings. The molecule has 0 radical (unpaired) electrons. The van der Waals surface area contributed by atoms with Gasteiger partial charge in [-0.15, -0.1) is 0 Å². The highest BCUT2D eigenvalue weighted by Gasteiger charge is 2.06. The lowest BCUT2D eigenvalue weighted by atomic mass is 10.1. The molecular weight excluding hydrogens is 222 g/mol. The van der Waals surface area contributed by atoms with E-state index < -0.39 is 0 Å². The molecule has 102 valence electrons. The van der Waals surface area contributed by atoms with Crippen molar-refractivity contribution in [2.75, 3.05) is 13.1 Å². The standard InChI is InChI=1S/C15H27N3/c1-4-14(16)9-7-11-18(5-2)12-15-10-6-8-13(3)17-15/h6,8,10,14H,4-5,7,9,11-12,16H2,1-3H3. The van der Waals surface area contributed by atoms with Crippen molar-refractivity contribution in [2.45, 2.75) is 52.6 Å². The summed E-state index contributed by atoms with van der Waals surface area (Å²) in [7, 11) is 0. The van der Waals surface area contributed by atoms with Crippen LogP contribution in [0, 0.1) is 6.92 Å². The molecule has 0 aliphatic rings. The zero-order chi connectivity index (χ0) is 13.4. The number of hydrogen-bond donors (Lipinski definition) is 1. The number of nitrogens with zero attached hydrogens (tertiary/aromatic N) is 2. The summed E-state index contributed by atoms with van der Waals surface area (Å²) in [5.41, 5.74) is 8.20. The van der Waals surface area contributed by atoms with Crippen molar-refractivity contribution < 1.29 is 0 Å². The van der Waals surface area contributed by atoms with Crippen LogP contribution in [0.2, 0.25) is 0 Å². The van der Waals surface area contributed by atoms with Gasteiger partial charge in [0, 0.05) is 18.3 Å². The van der Waals surface area contributed by atoms with E-state index in [9.17, 15) is 0 Å². The lowest BCUT2D eigenvalue weighted by molar-refractivity contribution is 0.267. The highest BCUT2D eigenvalue weighted by Crippen LogP contribution is 2.06. The van der Waals surface area contributed by atoms with E-state index in [1.165, 1.54) is 6.42 Å². The Labute approximate surface area is 111 Å². The first kappa shape index (κ1) is 15.1. The van der Waals surface area contributed by atoms with E-state index in [-0.39, 0.29) is 0 Å². The molecule has 1 rings (SSSR count). The average molecular weight is 249 g/mol. The Morgan fingerprint density at radius 1 is 1.33 bits per heavy atom. The van der Waals surface area contributed by atoms with Gasteiger partial charge in [0.15, 0.2) is 0 Å². The smallest absolute Gasteiger partial charge is 0.0547 e. The van der Waals surface area contributed by atoms with Crippen molar-refractivity contribution in [3.8, 4) is 0 Å². The van der Waals surface area contributed by atoms with Crippen molar-refractivity contribution in [3.05, 3.63) is 29.6 Å². The SMILES string of the molecule is CCC(N)CCCN(CC)Cc1cccc(C)n1. The topological polar surface area (TPSA) is 42.1 Å². The molecule has 0 bridgehead atoms. The lowest BCUT2D eigenvalue weighted by Crippen LogP contribution is -2.27. The highest BCUT2D eigenvalue weighted by atomic mass is 15.1. The van der Waals surface area contributed by atoms with Gasteiger partial charge in [-0.05, 0) is 51.4 Å². The first-order valence-electron chi connectivity index (χ1n) is 7.06. The fourth-order valence-electron chi connectivity index (χ4n) is 2.05. The summed E-state index contributed by atoms with van der Waals surface area (Å²) in [6.07, 6.45) is 3.37. The molecule has 0 fully saturated rings. The molecule has 0 amide bonds. The highest BCUT2D eigenvalue weighted by molar-refractivity contribution is 5.09. The van der Waals surface area contributed by atoms with E-state index >= 15 is 0 Å². The molecule has 3 nitrogen and oxygen atoms in total. The fraction of sp³-hybridized carbons (Fsp3) is 0.667. The predicted molar refractivity (Wildman–Crippen MR) is 77.4 cm³/mol. The molecule has 1 heterocycles. The largest absolute Gasteiger partial charge is 0.328 e. The summed E-state index contributed by atoms with van der Waals surface area (Å²) < 4.78 is 0. The van der Waals surface area contributed by atoms with Gasteiger partial charge in [0.2, 0.25) is 0 Å². The first-order valence-corrected chi connectivity index (χ1v) is 7.06. The summed E-state index contributed by atoms with van der Waals surface area (Å²) in [6.45, 7) is 9.52. The van der Waals surface area contributed by atoms with E-state index in [1.54, 1.807) is 0 Å². The minimum absolute atomic E-state index is 0.362. The third-order valence-electron chi connectivity index (χ3n) is 3.35. The Bertz CT molecular complexity index is 338. The maximum atomic E-state index is 5.94. The van der Waals surface area contributed by atoms with E-state index in [0.29, 0.717) is 6.04 Å². The number of hydrogen-bond acceptors (Lipinski definition) is 3. The van der Waals surface area contributed by atoms with Crippen molar-refractivity contribution in [2.24, 2.45) is 5.73 Å². The van der Waals surface area contributed by atoms with E-state index in [0.717, 1.165) is 43.9 Å². The molecular formula is C15H27N3. The van der Waals surface area contributed by atoms with Crippen LogP contribution in [-0.4, -0.2) is 29.0 Å². The second kappa shape index (κ2) is 8.22. The molecule has 0 spiro atoms. The zero-order valence-electron chi connectivity index (χ0n) is 12.0. The summed E-state index contributed by atoms with van der Waals surface area (Å²) >= 11 is 0. The van der Waals surface area contributed by atoms with Crippen LogP contribution in [0.5, 0.6) is 0 Å². The summed E-state index contributed by atoms with van der Waals surface area (Å²) in [6, 6.07) is 6.59. The summed E-state index contributed by atoms with van der Waals surface area (Å²) in [4.78, 5) is 6.99. The summed E-state index contributed by atoms with van der Waals surface area (Å²) in [5, 5.41) is 0. The monoisotopic (exact) mass is 249 g/mol. The summed E-state index contributed by atoms with van der Waals surface area (Å²) in [5.74, 6) is 0. The van der Waals surface area contributed by atoms with Crippen LogP contribution in [0.25, 0.3) is 0 Å². The molecule has 18 heavy (non-hydrogen) atoms. The molecule has 0 aliphatic carbocycles. The second-order valence-electron chi connectivity index (χ2n) is 4.95.